The average Bonchev–Trinajstić information content (AvgIpc) is 2.43. The van der Waals surface area contributed by atoms with Crippen molar-refractivity contribution in [1.82, 2.24) is 0 Å². The number of methoxy groups -OCH3 is 1. The van der Waals surface area contributed by atoms with Gasteiger partial charge < -0.3 is 13.9 Å². The summed E-state index contributed by atoms with van der Waals surface area (Å²) in [6.07, 6.45) is 0. The van der Waals surface area contributed by atoms with Crippen molar-refractivity contribution in [2.45, 2.75) is 6.92 Å². The maximum atomic E-state index is 11.8. The summed E-state index contributed by atoms with van der Waals surface area (Å²) in [6, 6.07) is 6.26. The molecule has 6 nitrogen and oxygen atoms in total. The van der Waals surface area contributed by atoms with Gasteiger partial charge in [-0.3, -0.25) is 9.59 Å². The molecule has 0 unspecified atom stereocenters. The Labute approximate surface area is 113 Å². The van der Waals surface area contributed by atoms with Crippen LogP contribution < -0.4 is 10.4 Å². The minimum atomic E-state index is -0.764. The Morgan fingerprint density at radius 1 is 1.25 bits per heavy atom. The molecule has 0 amide bonds. The molecule has 1 heterocycles. The van der Waals surface area contributed by atoms with Crippen molar-refractivity contribution in [3.63, 3.8) is 0 Å². The van der Waals surface area contributed by atoms with E-state index in [1.807, 2.05) is 0 Å². The lowest BCUT2D eigenvalue weighted by molar-refractivity contribution is -0.139. The van der Waals surface area contributed by atoms with Crippen LogP contribution in [0.2, 0.25) is 0 Å². The Hall–Kier alpha value is -2.63. The first kappa shape index (κ1) is 13.8. The van der Waals surface area contributed by atoms with Crippen molar-refractivity contribution in [3.8, 4) is 5.75 Å². The summed E-state index contributed by atoms with van der Waals surface area (Å²) < 4.78 is 14.7. The molecule has 0 bridgehead atoms. The molecule has 0 aliphatic carbocycles. The SMILES string of the molecule is COc1ccc2oc(=O)c(C(=O)COC(C)=O)cc2c1. The lowest BCUT2D eigenvalue weighted by Crippen LogP contribution is -2.19. The van der Waals surface area contributed by atoms with E-state index in [0.29, 0.717) is 16.7 Å². The number of rotatable bonds is 4. The Morgan fingerprint density at radius 2 is 2.00 bits per heavy atom. The van der Waals surface area contributed by atoms with E-state index in [1.54, 1.807) is 18.2 Å². The zero-order chi connectivity index (χ0) is 14.7. The van der Waals surface area contributed by atoms with E-state index >= 15 is 0 Å². The minimum absolute atomic E-state index is 0.160. The molecule has 2 rings (SSSR count). The van der Waals surface area contributed by atoms with Crippen LogP contribution in [0.4, 0.5) is 0 Å². The van der Waals surface area contributed by atoms with Gasteiger partial charge in [0, 0.05) is 12.3 Å². The number of ether oxygens (including phenoxy) is 2. The zero-order valence-corrected chi connectivity index (χ0v) is 11.0. The number of ketones is 1. The first-order valence-electron chi connectivity index (χ1n) is 5.79. The largest absolute Gasteiger partial charge is 0.497 e. The first-order valence-corrected chi connectivity index (χ1v) is 5.79. The van der Waals surface area contributed by atoms with Crippen LogP contribution in [0.1, 0.15) is 17.3 Å². The van der Waals surface area contributed by atoms with Gasteiger partial charge in [-0.15, -0.1) is 0 Å². The van der Waals surface area contributed by atoms with Gasteiger partial charge in [-0.05, 0) is 24.3 Å². The molecular weight excluding hydrogens is 264 g/mol. The quantitative estimate of drug-likeness (QED) is 0.478. The maximum absolute atomic E-state index is 11.8. The van der Waals surface area contributed by atoms with Gasteiger partial charge >= 0.3 is 11.6 Å². The summed E-state index contributed by atoms with van der Waals surface area (Å²) in [5.74, 6) is -0.631. The van der Waals surface area contributed by atoms with E-state index in [4.69, 9.17) is 9.15 Å². The van der Waals surface area contributed by atoms with Crippen LogP contribution in [-0.2, 0) is 9.53 Å². The monoisotopic (exact) mass is 276 g/mol. The predicted molar refractivity (Wildman–Crippen MR) is 70.0 cm³/mol. The number of hydrogen-bond donors (Lipinski definition) is 0. The third-order valence-corrected chi connectivity index (χ3v) is 2.65. The Balaban J connectivity index is 2.42. The van der Waals surface area contributed by atoms with Crippen molar-refractivity contribution in [2.75, 3.05) is 13.7 Å². The highest BCUT2D eigenvalue weighted by molar-refractivity contribution is 5.99. The summed E-state index contributed by atoms with van der Waals surface area (Å²) in [6.45, 7) is 0.691. The van der Waals surface area contributed by atoms with Crippen LogP contribution in [0.15, 0.2) is 33.5 Å². The summed E-state index contributed by atoms with van der Waals surface area (Å²) in [7, 11) is 1.51. The lowest BCUT2D eigenvalue weighted by Gasteiger charge is -2.04. The van der Waals surface area contributed by atoms with Gasteiger partial charge in [-0.2, -0.15) is 0 Å². The fourth-order valence-electron chi connectivity index (χ4n) is 1.67. The summed E-state index contributed by atoms with van der Waals surface area (Å²) >= 11 is 0. The molecule has 0 N–H and O–H groups in total. The first-order chi connectivity index (χ1) is 9.51. The van der Waals surface area contributed by atoms with Crippen LogP contribution >= 0.6 is 0 Å². The van der Waals surface area contributed by atoms with Gasteiger partial charge in [0.15, 0.2) is 6.61 Å². The highest BCUT2D eigenvalue weighted by Gasteiger charge is 2.15. The van der Waals surface area contributed by atoms with Crippen LogP contribution in [-0.4, -0.2) is 25.5 Å². The van der Waals surface area contributed by atoms with Crippen LogP contribution in [0, 0.1) is 0 Å². The number of carbonyl (C=O) groups is 2. The van der Waals surface area contributed by atoms with Crippen molar-refractivity contribution < 1.29 is 23.5 Å². The fraction of sp³-hybridized carbons (Fsp3) is 0.214. The molecule has 0 spiro atoms. The minimum Gasteiger partial charge on any atom is -0.497 e. The molecule has 0 aliphatic heterocycles. The van der Waals surface area contributed by atoms with Crippen LogP contribution in [0.25, 0.3) is 11.0 Å². The highest BCUT2D eigenvalue weighted by Crippen LogP contribution is 2.20. The third kappa shape index (κ3) is 2.85. The maximum Gasteiger partial charge on any atom is 0.347 e. The highest BCUT2D eigenvalue weighted by atomic mass is 16.5. The van der Waals surface area contributed by atoms with Crippen LogP contribution in [0.5, 0.6) is 5.75 Å². The number of benzene rings is 1. The molecule has 0 fully saturated rings. The molecule has 2 aromatic rings. The van der Waals surface area contributed by atoms with Gasteiger partial charge in [0.1, 0.15) is 16.9 Å². The molecule has 0 saturated heterocycles. The van der Waals surface area contributed by atoms with Crippen molar-refractivity contribution in [2.24, 2.45) is 0 Å². The molecule has 6 heteroatoms. The number of carbonyl (C=O) groups excluding carboxylic acids is 2. The Bertz CT molecular complexity index is 728. The number of fused-ring (bicyclic) bond motifs is 1. The van der Waals surface area contributed by atoms with E-state index in [1.165, 1.54) is 20.1 Å². The molecule has 1 aromatic heterocycles. The Kier molecular flexibility index (Phi) is 3.84. The molecule has 20 heavy (non-hydrogen) atoms. The number of Topliss-reactive ketones (excluding diaryl/α,β-unsaturated/α-hetero) is 1. The standard InChI is InChI=1S/C14H12O6/c1-8(15)19-7-12(16)11-6-9-5-10(18-2)3-4-13(9)20-14(11)17/h3-6H,7H2,1-2H3. The Morgan fingerprint density at radius 3 is 2.65 bits per heavy atom. The van der Waals surface area contributed by atoms with Crippen molar-refractivity contribution >= 4 is 22.7 Å². The molecule has 0 radical (unpaired) electrons. The predicted octanol–water partition coefficient (Wildman–Crippen LogP) is 1.55. The van der Waals surface area contributed by atoms with Gasteiger partial charge in [-0.1, -0.05) is 0 Å². The molecular formula is C14H12O6. The van der Waals surface area contributed by atoms with Crippen molar-refractivity contribution in [3.05, 3.63) is 40.2 Å². The zero-order valence-electron chi connectivity index (χ0n) is 11.0. The van der Waals surface area contributed by atoms with Gasteiger partial charge in [0.25, 0.3) is 0 Å². The number of hydrogen-bond acceptors (Lipinski definition) is 6. The molecule has 104 valence electrons. The second kappa shape index (κ2) is 5.56. The van der Waals surface area contributed by atoms with E-state index in [2.05, 4.69) is 4.74 Å². The summed E-state index contributed by atoms with van der Waals surface area (Å²) in [5, 5.41) is 0.551. The third-order valence-electron chi connectivity index (χ3n) is 2.65. The second-order valence-electron chi connectivity index (χ2n) is 4.05. The lowest BCUT2D eigenvalue weighted by atomic mass is 10.1. The van der Waals surface area contributed by atoms with Gasteiger partial charge in [-0.25, -0.2) is 4.79 Å². The van der Waals surface area contributed by atoms with Gasteiger partial charge in [0.05, 0.1) is 7.11 Å². The molecule has 0 atom stereocenters. The smallest absolute Gasteiger partial charge is 0.347 e. The van der Waals surface area contributed by atoms with Gasteiger partial charge in [0.2, 0.25) is 5.78 Å². The normalized spacial score (nSPS) is 10.3. The second-order valence-corrected chi connectivity index (χ2v) is 4.05. The number of esters is 1. The molecule has 0 aliphatic rings. The average molecular weight is 276 g/mol. The van der Waals surface area contributed by atoms with E-state index in [0.717, 1.165) is 0 Å². The van der Waals surface area contributed by atoms with E-state index in [9.17, 15) is 14.4 Å². The van der Waals surface area contributed by atoms with E-state index < -0.39 is 24.0 Å². The summed E-state index contributed by atoms with van der Waals surface area (Å²) in [5.41, 5.74) is -0.577. The van der Waals surface area contributed by atoms with E-state index in [-0.39, 0.29) is 5.56 Å². The van der Waals surface area contributed by atoms with Crippen LogP contribution in [0.3, 0.4) is 0 Å². The topological polar surface area (TPSA) is 82.8 Å². The summed E-state index contributed by atoms with van der Waals surface area (Å²) in [4.78, 5) is 34.2. The molecule has 0 saturated carbocycles. The van der Waals surface area contributed by atoms with Crippen molar-refractivity contribution in [1.29, 1.82) is 0 Å². The molecule has 1 aromatic carbocycles. The fourth-order valence-corrected chi connectivity index (χ4v) is 1.67.